The average Bonchev–Trinajstić information content (AvgIpc) is 1.85. The molecule has 0 aromatic heterocycles. The van der Waals surface area contributed by atoms with E-state index in [1.165, 1.54) is 5.57 Å². The van der Waals surface area contributed by atoms with Crippen LogP contribution in [0.5, 0.6) is 0 Å². The summed E-state index contributed by atoms with van der Waals surface area (Å²) in [5.74, 6) is 0. The van der Waals surface area contributed by atoms with Crippen molar-refractivity contribution in [3.8, 4) is 0 Å². The van der Waals surface area contributed by atoms with E-state index in [0.717, 1.165) is 19.3 Å². The van der Waals surface area contributed by atoms with Crippen LogP contribution in [0.2, 0.25) is 0 Å². The Balaban J connectivity index is 0. The summed E-state index contributed by atoms with van der Waals surface area (Å²) in [7, 11) is 0. The van der Waals surface area contributed by atoms with Gasteiger partial charge in [-0.15, -0.1) is 0 Å². The van der Waals surface area contributed by atoms with Gasteiger partial charge in [-0.2, -0.15) is 0 Å². The van der Waals surface area contributed by atoms with Crippen molar-refractivity contribution < 1.29 is 5.11 Å². The van der Waals surface area contributed by atoms with Gasteiger partial charge in [-0.25, -0.2) is 0 Å². The van der Waals surface area contributed by atoms with Gasteiger partial charge in [-0.1, -0.05) is 11.6 Å². The molecule has 0 aliphatic heterocycles. The Labute approximate surface area is 76.3 Å². The van der Waals surface area contributed by atoms with Crippen LogP contribution in [0.3, 0.4) is 0 Å². The van der Waals surface area contributed by atoms with Crippen LogP contribution in [0.25, 0.3) is 0 Å². The first-order valence-electron chi connectivity index (χ1n) is 4.30. The fourth-order valence-electron chi connectivity index (χ4n) is 0.944. The van der Waals surface area contributed by atoms with Crippen LogP contribution in [0.15, 0.2) is 11.6 Å². The molecule has 0 amide bonds. The molecule has 0 bridgehead atoms. The molecule has 0 aromatic rings. The van der Waals surface area contributed by atoms with E-state index in [0.29, 0.717) is 0 Å². The molecule has 0 atom stereocenters. The standard InChI is InChI=1S/C10H20O.H3N/c1-5-9(2)7-6-8-10(3,4)11;/h5,11H,6-8H2,1-4H3;1H3/b9-5+;. The van der Waals surface area contributed by atoms with Crippen LogP contribution >= 0.6 is 0 Å². The fraction of sp³-hybridized carbons (Fsp3) is 0.800. The summed E-state index contributed by atoms with van der Waals surface area (Å²) >= 11 is 0. The van der Waals surface area contributed by atoms with Gasteiger partial charge in [0.05, 0.1) is 5.60 Å². The monoisotopic (exact) mass is 173 g/mol. The molecule has 0 aromatic carbocycles. The van der Waals surface area contributed by atoms with E-state index in [1.807, 2.05) is 13.8 Å². The Morgan fingerprint density at radius 1 is 1.42 bits per heavy atom. The normalized spacial score (nSPS) is 12.6. The first-order chi connectivity index (χ1) is 4.95. The highest BCUT2D eigenvalue weighted by atomic mass is 16.3. The second kappa shape index (κ2) is 6.21. The van der Waals surface area contributed by atoms with Crippen molar-refractivity contribution in [1.82, 2.24) is 6.15 Å². The number of rotatable bonds is 4. The molecule has 0 fully saturated rings. The van der Waals surface area contributed by atoms with Crippen LogP contribution in [-0.2, 0) is 0 Å². The van der Waals surface area contributed by atoms with Gasteiger partial charge in [0.25, 0.3) is 0 Å². The van der Waals surface area contributed by atoms with Crippen LogP contribution < -0.4 is 6.15 Å². The van der Waals surface area contributed by atoms with Crippen LogP contribution in [-0.4, -0.2) is 10.7 Å². The Morgan fingerprint density at radius 2 is 1.92 bits per heavy atom. The van der Waals surface area contributed by atoms with E-state index >= 15 is 0 Å². The molecule has 0 aliphatic rings. The second-order valence-corrected chi connectivity index (χ2v) is 3.80. The molecule has 0 rings (SSSR count). The quantitative estimate of drug-likeness (QED) is 0.642. The van der Waals surface area contributed by atoms with Gasteiger partial charge in [0, 0.05) is 0 Å². The van der Waals surface area contributed by atoms with E-state index in [9.17, 15) is 5.11 Å². The third-order valence-corrected chi connectivity index (χ3v) is 1.85. The molecule has 4 N–H and O–H groups in total. The average molecular weight is 173 g/mol. The van der Waals surface area contributed by atoms with Gasteiger partial charge in [-0.3, -0.25) is 0 Å². The molecule has 74 valence electrons. The number of hydrogen-bond acceptors (Lipinski definition) is 2. The topological polar surface area (TPSA) is 55.2 Å². The van der Waals surface area contributed by atoms with Gasteiger partial charge >= 0.3 is 0 Å². The van der Waals surface area contributed by atoms with Crippen molar-refractivity contribution >= 4 is 0 Å². The highest BCUT2D eigenvalue weighted by Gasteiger charge is 2.10. The molecule has 0 heterocycles. The zero-order valence-electron chi connectivity index (χ0n) is 8.85. The maximum atomic E-state index is 9.38. The first kappa shape index (κ1) is 14.2. The first-order valence-corrected chi connectivity index (χ1v) is 4.30. The maximum Gasteiger partial charge on any atom is 0.0591 e. The molecule has 0 saturated carbocycles. The zero-order valence-corrected chi connectivity index (χ0v) is 8.85. The van der Waals surface area contributed by atoms with Crippen molar-refractivity contribution in [2.24, 2.45) is 0 Å². The fourth-order valence-corrected chi connectivity index (χ4v) is 0.944. The molecule has 0 spiro atoms. The lowest BCUT2D eigenvalue weighted by atomic mass is 9.99. The van der Waals surface area contributed by atoms with Gasteiger partial charge in [0.15, 0.2) is 0 Å². The summed E-state index contributed by atoms with van der Waals surface area (Å²) in [5.41, 5.74) is 0.919. The molecule has 2 heteroatoms. The van der Waals surface area contributed by atoms with E-state index < -0.39 is 5.60 Å². The SMILES string of the molecule is C/C=C(\C)CCCC(C)(C)O.N. The number of allylic oxidation sites excluding steroid dienone is 2. The number of hydrogen-bond donors (Lipinski definition) is 2. The summed E-state index contributed by atoms with van der Waals surface area (Å²) in [6.07, 6.45) is 5.21. The van der Waals surface area contributed by atoms with E-state index in [4.69, 9.17) is 0 Å². The lowest BCUT2D eigenvalue weighted by molar-refractivity contribution is 0.0689. The van der Waals surface area contributed by atoms with Crippen molar-refractivity contribution in [1.29, 1.82) is 0 Å². The second-order valence-electron chi connectivity index (χ2n) is 3.80. The van der Waals surface area contributed by atoms with Crippen molar-refractivity contribution in [2.75, 3.05) is 0 Å². The zero-order chi connectivity index (χ0) is 8.91. The molecular weight excluding hydrogens is 150 g/mol. The molecule has 0 aliphatic carbocycles. The van der Waals surface area contributed by atoms with E-state index in [-0.39, 0.29) is 6.15 Å². The predicted molar refractivity (Wildman–Crippen MR) is 54.6 cm³/mol. The Morgan fingerprint density at radius 3 is 2.25 bits per heavy atom. The molecular formula is C10H23NO. The van der Waals surface area contributed by atoms with Crippen molar-refractivity contribution in [3.63, 3.8) is 0 Å². The molecule has 0 saturated heterocycles. The maximum absolute atomic E-state index is 9.38. The summed E-state index contributed by atoms with van der Waals surface area (Å²) in [4.78, 5) is 0. The van der Waals surface area contributed by atoms with Crippen LogP contribution in [0, 0.1) is 0 Å². The summed E-state index contributed by atoms with van der Waals surface area (Å²) in [5, 5.41) is 9.38. The lowest BCUT2D eigenvalue weighted by Crippen LogP contribution is -2.17. The van der Waals surface area contributed by atoms with E-state index in [1.54, 1.807) is 0 Å². The lowest BCUT2D eigenvalue weighted by Gasteiger charge is -2.16. The smallest absolute Gasteiger partial charge is 0.0591 e. The molecule has 0 unspecified atom stereocenters. The summed E-state index contributed by atoms with van der Waals surface area (Å²) in [6, 6.07) is 0. The minimum atomic E-state index is -0.492. The Kier molecular flexibility index (Phi) is 7.34. The number of aliphatic hydroxyl groups is 1. The van der Waals surface area contributed by atoms with Gasteiger partial charge in [-0.05, 0) is 47.0 Å². The summed E-state index contributed by atoms with van der Waals surface area (Å²) < 4.78 is 0. The van der Waals surface area contributed by atoms with Crippen LogP contribution in [0.4, 0.5) is 0 Å². The Bertz CT molecular complexity index is 133. The van der Waals surface area contributed by atoms with Crippen LogP contribution in [0.1, 0.15) is 47.0 Å². The summed E-state index contributed by atoms with van der Waals surface area (Å²) in [6.45, 7) is 7.90. The van der Waals surface area contributed by atoms with Crippen molar-refractivity contribution in [2.45, 2.75) is 52.6 Å². The van der Waals surface area contributed by atoms with Gasteiger partial charge in [0.1, 0.15) is 0 Å². The third kappa shape index (κ3) is 9.66. The minimum absolute atomic E-state index is 0. The third-order valence-electron chi connectivity index (χ3n) is 1.85. The molecule has 0 radical (unpaired) electrons. The van der Waals surface area contributed by atoms with Crippen molar-refractivity contribution in [3.05, 3.63) is 11.6 Å². The highest BCUT2D eigenvalue weighted by Crippen LogP contribution is 2.14. The van der Waals surface area contributed by atoms with E-state index in [2.05, 4.69) is 19.9 Å². The largest absolute Gasteiger partial charge is 0.390 e. The minimum Gasteiger partial charge on any atom is -0.390 e. The molecule has 12 heavy (non-hydrogen) atoms. The highest BCUT2D eigenvalue weighted by molar-refractivity contribution is 4.95. The van der Waals surface area contributed by atoms with Gasteiger partial charge in [0.2, 0.25) is 0 Å². The predicted octanol–water partition coefficient (Wildman–Crippen LogP) is 3.06. The van der Waals surface area contributed by atoms with Gasteiger partial charge < -0.3 is 11.3 Å². The molecule has 2 nitrogen and oxygen atoms in total. The Hall–Kier alpha value is -0.340.